The van der Waals surface area contributed by atoms with E-state index in [0.717, 1.165) is 37.9 Å². The summed E-state index contributed by atoms with van der Waals surface area (Å²) in [6.07, 6.45) is 2.39. The number of anilines is 1. The van der Waals surface area contributed by atoms with Crippen molar-refractivity contribution in [1.29, 1.82) is 0 Å². The molecule has 0 saturated heterocycles. The van der Waals surface area contributed by atoms with Gasteiger partial charge in [0.1, 0.15) is 0 Å². The highest BCUT2D eigenvalue weighted by Gasteiger charge is 2.30. The average molecular weight is 307 g/mol. The van der Waals surface area contributed by atoms with Crippen LogP contribution in [0.15, 0.2) is 28.8 Å². The average Bonchev–Trinajstić information content (AvgIpc) is 3.25. The van der Waals surface area contributed by atoms with E-state index in [-0.39, 0.29) is 12.4 Å². The molecule has 0 bridgehead atoms. The SMILES string of the molecule is Cl.c1ccc2c(c1)CNCCN2Cc1noc(C2CC2)n1. The number of halogens is 1. The highest BCUT2D eigenvalue weighted by atomic mass is 35.5. The van der Waals surface area contributed by atoms with Crippen molar-refractivity contribution >= 4 is 18.1 Å². The summed E-state index contributed by atoms with van der Waals surface area (Å²) in [5.41, 5.74) is 2.60. The molecule has 21 heavy (non-hydrogen) atoms. The summed E-state index contributed by atoms with van der Waals surface area (Å²) >= 11 is 0. The number of para-hydroxylation sites is 1. The quantitative estimate of drug-likeness (QED) is 0.944. The van der Waals surface area contributed by atoms with Crippen LogP contribution in [-0.4, -0.2) is 23.2 Å². The minimum absolute atomic E-state index is 0. The van der Waals surface area contributed by atoms with Crippen LogP contribution in [0, 0.1) is 0 Å². The van der Waals surface area contributed by atoms with Crippen molar-refractivity contribution in [1.82, 2.24) is 15.5 Å². The van der Waals surface area contributed by atoms with Crippen LogP contribution < -0.4 is 10.2 Å². The summed E-state index contributed by atoms with van der Waals surface area (Å²) < 4.78 is 5.35. The highest BCUT2D eigenvalue weighted by molar-refractivity contribution is 5.85. The first-order valence-electron chi connectivity index (χ1n) is 7.26. The van der Waals surface area contributed by atoms with Gasteiger partial charge in [-0.05, 0) is 24.5 Å². The van der Waals surface area contributed by atoms with Gasteiger partial charge in [0.15, 0.2) is 5.82 Å². The van der Waals surface area contributed by atoms with Crippen molar-refractivity contribution < 1.29 is 4.52 Å². The number of hydrogen-bond donors (Lipinski definition) is 1. The van der Waals surface area contributed by atoms with Crippen LogP contribution in [0.4, 0.5) is 5.69 Å². The number of benzene rings is 1. The molecule has 0 spiro atoms. The van der Waals surface area contributed by atoms with Gasteiger partial charge in [-0.3, -0.25) is 0 Å². The molecule has 4 rings (SSSR count). The van der Waals surface area contributed by atoms with Crippen LogP contribution in [0.5, 0.6) is 0 Å². The van der Waals surface area contributed by atoms with Gasteiger partial charge in [-0.25, -0.2) is 0 Å². The van der Waals surface area contributed by atoms with Gasteiger partial charge >= 0.3 is 0 Å². The van der Waals surface area contributed by atoms with E-state index < -0.39 is 0 Å². The lowest BCUT2D eigenvalue weighted by atomic mass is 10.1. The van der Waals surface area contributed by atoms with Crippen molar-refractivity contribution in [3.8, 4) is 0 Å². The van der Waals surface area contributed by atoms with Gasteiger partial charge in [0.25, 0.3) is 0 Å². The highest BCUT2D eigenvalue weighted by Crippen LogP contribution is 2.38. The molecule has 1 saturated carbocycles. The minimum atomic E-state index is 0. The number of hydrogen-bond acceptors (Lipinski definition) is 5. The molecular formula is C15H19ClN4O. The van der Waals surface area contributed by atoms with Crippen LogP contribution in [0.1, 0.15) is 36.0 Å². The molecule has 5 nitrogen and oxygen atoms in total. The lowest BCUT2D eigenvalue weighted by Gasteiger charge is -2.22. The maximum absolute atomic E-state index is 5.35. The monoisotopic (exact) mass is 306 g/mol. The summed E-state index contributed by atoms with van der Waals surface area (Å²) in [4.78, 5) is 6.86. The number of nitrogens with zero attached hydrogens (tertiary/aromatic N) is 3. The summed E-state index contributed by atoms with van der Waals surface area (Å²) in [5, 5.41) is 7.57. The summed E-state index contributed by atoms with van der Waals surface area (Å²) in [7, 11) is 0. The minimum Gasteiger partial charge on any atom is -0.362 e. The van der Waals surface area contributed by atoms with Crippen molar-refractivity contribution in [2.75, 3.05) is 18.0 Å². The summed E-state index contributed by atoms with van der Waals surface area (Å²) in [6.45, 7) is 3.58. The topological polar surface area (TPSA) is 54.2 Å². The Balaban J connectivity index is 0.00000132. The summed E-state index contributed by atoms with van der Waals surface area (Å²) in [5.74, 6) is 2.14. The van der Waals surface area contributed by atoms with E-state index in [2.05, 4.69) is 44.6 Å². The molecule has 0 atom stereocenters. The molecule has 112 valence electrons. The maximum Gasteiger partial charge on any atom is 0.229 e. The zero-order chi connectivity index (χ0) is 13.4. The number of fused-ring (bicyclic) bond motifs is 1. The Labute approximate surface area is 130 Å². The second-order valence-electron chi connectivity index (χ2n) is 5.55. The Kier molecular flexibility index (Phi) is 4.12. The van der Waals surface area contributed by atoms with E-state index in [4.69, 9.17) is 4.52 Å². The molecule has 2 aliphatic rings. The Bertz CT molecular complexity index is 611. The molecule has 1 aliphatic heterocycles. The number of aromatic nitrogens is 2. The van der Waals surface area contributed by atoms with Crippen LogP contribution in [-0.2, 0) is 13.1 Å². The van der Waals surface area contributed by atoms with Crippen molar-refractivity contribution in [2.45, 2.75) is 31.8 Å². The van der Waals surface area contributed by atoms with Gasteiger partial charge in [-0.2, -0.15) is 4.98 Å². The molecule has 0 radical (unpaired) electrons. The lowest BCUT2D eigenvalue weighted by Crippen LogP contribution is -2.28. The zero-order valence-electron chi connectivity index (χ0n) is 11.8. The van der Waals surface area contributed by atoms with Crippen molar-refractivity contribution in [3.63, 3.8) is 0 Å². The molecule has 0 unspecified atom stereocenters. The van der Waals surface area contributed by atoms with E-state index in [1.165, 1.54) is 24.1 Å². The second kappa shape index (κ2) is 6.03. The Morgan fingerprint density at radius 1 is 1.29 bits per heavy atom. The Morgan fingerprint density at radius 3 is 3.00 bits per heavy atom. The van der Waals surface area contributed by atoms with E-state index in [1.807, 2.05) is 0 Å². The van der Waals surface area contributed by atoms with Crippen LogP contribution in [0.25, 0.3) is 0 Å². The van der Waals surface area contributed by atoms with E-state index in [9.17, 15) is 0 Å². The third-order valence-electron chi connectivity index (χ3n) is 3.95. The van der Waals surface area contributed by atoms with Gasteiger partial charge in [0.2, 0.25) is 5.89 Å². The smallest absolute Gasteiger partial charge is 0.229 e. The van der Waals surface area contributed by atoms with E-state index in [0.29, 0.717) is 5.92 Å². The van der Waals surface area contributed by atoms with Crippen LogP contribution in [0.2, 0.25) is 0 Å². The number of rotatable bonds is 3. The predicted octanol–water partition coefficient (Wildman–Crippen LogP) is 2.48. The largest absolute Gasteiger partial charge is 0.362 e. The van der Waals surface area contributed by atoms with Gasteiger partial charge in [-0.1, -0.05) is 23.4 Å². The first-order chi connectivity index (χ1) is 9.90. The summed E-state index contributed by atoms with van der Waals surface area (Å²) in [6, 6.07) is 8.52. The molecule has 1 aromatic carbocycles. The fourth-order valence-electron chi connectivity index (χ4n) is 2.69. The molecular weight excluding hydrogens is 288 g/mol. The Morgan fingerprint density at radius 2 is 2.14 bits per heavy atom. The fourth-order valence-corrected chi connectivity index (χ4v) is 2.69. The third-order valence-corrected chi connectivity index (χ3v) is 3.95. The molecule has 1 N–H and O–H groups in total. The standard InChI is InChI=1S/C15H18N4O.ClH/c1-2-4-13-12(3-1)9-16-7-8-19(13)10-14-17-15(20-18-14)11-5-6-11;/h1-4,11,16H,5-10H2;1H. The van der Waals surface area contributed by atoms with Crippen molar-refractivity contribution in [3.05, 3.63) is 41.5 Å². The third kappa shape index (κ3) is 3.04. The van der Waals surface area contributed by atoms with Gasteiger partial charge < -0.3 is 14.7 Å². The Hall–Kier alpha value is -1.59. The van der Waals surface area contributed by atoms with Gasteiger partial charge in [0, 0.05) is 31.2 Å². The lowest BCUT2D eigenvalue weighted by molar-refractivity contribution is 0.373. The molecule has 0 amide bonds. The van der Waals surface area contributed by atoms with E-state index in [1.54, 1.807) is 0 Å². The first kappa shape index (κ1) is 14.4. The molecule has 2 aromatic rings. The first-order valence-corrected chi connectivity index (χ1v) is 7.26. The second-order valence-corrected chi connectivity index (χ2v) is 5.55. The zero-order valence-corrected chi connectivity index (χ0v) is 12.6. The molecule has 1 fully saturated rings. The normalized spacial score (nSPS) is 17.8. The predicted molar refractivity (Wildman–Crippen MR) is 82.7 cm³/mol. The van der Waals surface area contributed by atoms with Crippen LogP contribution in [0.3, 0.4) is 0 Å². The molecule has 1 aromatic heterocycles. The van der Waals surface area contributed by atoms with Gasteiger partial charge in [0.05, 0.1) is 6.54 Å². The van der Waals surface area contributed by atoms with Gasteiger partial charge in [-0.15, -0.1) is 12.4 Å². The molecule has 2 heterocycles. The maximum atomic E-state index is 5.35. The molecule has 6 heteroatoms. The fraction of sp³-hybridized carbons (Fsp3) is 0.467. The van der Waals surface area contributed by atoms with E-state index >= 15 is 0 Å². The van der Waals surface area contributed by atoms with Crippen LogP contribution >= 0.6 is 12.4 Å². The van der Waals surface area contributed by atoms with Crippen molar-refractivity contribution in [2.24, 2.45) is 0 Å². The number of nitrogens with one attached hydrogen (secondary N) is 1. The molecule has 1 aliphatic carbocycles.